The third kappa shape index (κ3) is 9.30. The van der Waals surface area contributed by atoms with E-state index in [1.54, 1.807) is 0 Å². The number of ether oxygens (including phenoxy) is 2. The highest BCUT2D eigenvalue weighted by atomic mass is 16.6. The minimum absolute atomic E-state index is 0.00198. The second-order valence-corrected chi connectivity index (χ2v) is 5.55. The fraction of sp³-hybridized carbons (Fsp3) is 0.421. The lowest BCUT2D eigenvalue weighted by Gasteiger charge is -2.06. The van der Waals surface area contributed by atoms with Crippen molar-refractivity contribution in [3.05, 3.63) is 58.2 Å². The van der Waals surface area contributed by atoms with Crippen molar-refractivity contribution < 1.29 is 19.2 Å². The number of nitro groups is 1. The van der Waals surface area contributed by atoms with Crippen molar-refractivity contribution in [2.45, 2.75) is 39.5 Å². The number of hydrogen-bond acceptors (Lipinski definition) is 5. The van der Waals surface area contributed by atoms with E-state index in [1.165, 1.54) is 43.2 Å². The number of nitrogens with zero attached hydrogens (tertiary/aromatic N) is 1. The molecule has 0 aliphatic rings. The van der Waals surface area contributed by atoms with Crippen LogP contribution in [0, 0.1) is 10.1 Å². The maximum atomic E-state index is 11.7. The number of carbonyl (C=O) groups excluding carboxylic acids is 1. The van der Waals surface area contributed by atoms with Gasteiger partial charge in [0.05, 0.1) is 4.92 Å². The third-order valence-corrected chi connectivity index (χ3v) is 3.34. The molecule has 0 unspecified atom stereocenters. The molecule has 0 atom stereocenters. The fourth-order valence-electron chi connectivity index (χ4n) is 2.02. The first-order valence-electron chi connectivity index (χ1n) is 8.41. The van der Waals surface area contributed by atoms with Gasteiger partial charge in [0.15, 0.2) is 0 Å². The topological polar surface area (TPSA) is 78.7 Å². The van der Waals surface area contributed by atoms with Gasteiger partial charge in [-0.05, 0) is 37.5 Å². The van der Waals surface area contributed by atoms with Gasteiger partial charge in [-0.25, -0.2) is 4.79 Å². The number of unbranched alkanes of at least 4 members (excludes halogenated alkanes) is 3. The number of hydrogen-bond donors (Lipinski definition) is 0. The molecule has 0 heterocycles. The largest absolute Gasteiger partial charge is 0.490 e. The van der Waals surface area contributed by atoms with Crippen molar-refractivity contribution in [2.24, 2.45) is 0 Å². The molecule has 1 aromatic carbocycles. The molecule has 0 bridgehead atoms. The SMILES string of the molecule is CCCCC/C=C/C(C)=C/C(=O)OCCOc1ccc([N+](=O)[O-])cc1. The number of nitro benzene ring substituents is 1. The molecule has 0 radical (unpaired) electrons. The quantitative estimate of drug-likeness (QED) is 0.146. The second kappa shape index (κ2) is 11.8. The van der Waals surface area contributed by atoms with Crippen molar-refractivity contribution in [1.29, 1.82) is 0 Å². The number of non-ortho nitro benzene ring substituents is 1. The standard InChI is InChI=1S/C19H25NO5/c1-3-4-5-6-7-8-16(2)15-19(21)25-14-13-24-18-11-9-17(10-12-18)20(22)23/h7-12,15H,3-6,13-14H2,1-2H3/b8-7+,16-15+. The van der Waals surface area contributed by atoms with Crippen LogP contribution in [0.1, 0.15) is 39.5 Å². The zero-order chi connectivity index (χ0) is 18.5. The highest BCUT2D eigenvalue weighted by Gasteiger charge is 2.04. The molecule has 0 aliphatic carbocycles. The van der Waals surface area contributed by atoms with Gasteiger partial charge in [-0.15, -0.1) is 0 Å². The van der Waals surface area contributed by atoms with Gasteiger partial charge in [-0.2, -0.15) is 0 Å². The van der Waals surface area contributed by atoms with Crippen LogP contribution >= 0.6 is 0 Å². The molecule has 6 heteroatoms. The summed E-state index contributed by atoms with van der Waals surface area (Å²) in [6, 6.07) is 5.74. The molecule has 6 nitrogen and oxygen atoms in total. The Bertz CT molecular complexity index is 605. The highest BCUT2D eigenvalue weighted by Crippen LogP contribution is 2.17. The smallest absolute Gasteiger partial charge is 0.331 e. The van der Waals surface area contributed by atoms with Crippen LogP contribution in [0.25, 0.3) is 0 Å². The number of esters is 1. The van der Waals surface area contributed by atoms with E-state index in [-0.39, 0.29) is 18.9 Å². The Morgan fingerprint density at radius 3 is 2.56 bits per heavy atom. The molecule has 0 N–H and O–H groups in total. The Morgan fingerprint density at radius 2 is 1.92 bits per heavy atom. The van der Waals surface area contributed by atoms with Crippen molar-refractivity contribution >= 4 is 11.7 Å². The van der Waals surface area contributed by atoms with Gasteiger partial charge in [-0.1, -0.05) is 31.9 Å². The van der Waals surface area contributed by atoms with E-state index in [4.69, 9.17) is 9.47 Å². The second-order valence-electron chi connectivity index (χ2n) is 5.55. The average molecular weight is 347 g/mol. The number of carbonyl (C=O) groups is 1. The van der Waals surface area contributed by atoms with E-state index >= 15 is 0 Å². The summed E-state index contributed by atoms with van der Waals surface area (Å²) in [5.74, 6) is 0.0754. The summed E-state index contributed by atoms with van der Waals surface area (Å²) < 4.78 is 10.4. The van der Waals surface area contributed by atoms with Crippen LogP contribution in [0.5, 0.6) is 5.75 Å². The Balaban J connectivity index is 2.25. The molecule has 1 aromatic rings. The van der Waals surface area contributed by atoms with Crippen molar-refractivity contribution in [1.82, 2.24) is 0 Å². The molecule has 25 heavy (non-hydrogen) atoms. The minimum atomic E-state index is -0.474. The maximum Gasteiger partial charge on any atom is 0.331 e. The molecule has 0 spiro atoms. The van der Waals surface area contributed by atoms with Gasteiger partial charge in [-0.3, -0.25) is 10.1 Å². The first-order valence-corrected chi connectivity index (χ1v) is 8.41. The lowest BCUT2D eigenvalue weighted by molar-refractivity contribution is -0.384. The fourth-order valence-corrected chi connectivity index (χ4v) is 2.02. The Labute approximate surface area is 148 Å². The molecule has 0 fully saturated rings. The van der Waals surface area contributed by atoms with Crippen LogP contribution in [0.15, 0.2) is 48.1 Å². The summed E-state index contributed by atoms with van der Waals surface area (Å²) >= 11 is 0. The van der Waals surface area contributed by atoms with E-state index in [0.717, 1.165) is 18.4 Å². The first kappa shape index (κ1) is 20.4. The van der Waals surface area contributed by atoms with Crippen LogP contribution in [-0.4, -0.2) is 24.1 Å². The van der Waals surface area contributed by atoms with Crippen LogP contribution in [-0.2, 0) is 9.53 Å². The molecule has 0 saturated carbocycles. The average Bonchev–Trinajstić information content (AvgIpc) is 2.59. The zero-order valence-electron chi connectivity index (χ0n) is 14.8. The van der Waals surface area contributed by atoms with E-state index in [2.05, 4.69) is 13.0 Å². The van der Waals surface area contributed by atoms with Gasteiger partial charge in [0, 0.05) is 18.2 Å². The molecule has 0 amide bonds. The lowest BCUT2D eigenvalue weighted by Crippen LogP contribution is -2.10. The zero-order valence-corrected chi connectivity index (χ0v) is 14.8. The predicted molar refractivity (Wildman–Crippen MR) is 96.6 cm³/mol. The van der Waals surface area contributed by atoms with Crippen molar-refractivity contribution in [3.8, 4) is 5.75 Å². The monoisotopic (exact) mass is 347 g/mol. The molecular weight excluding hydrogens is 322 g/mol. The molecule has 0 aliphatic heterocycles. The summed E-state index contributed by atoms with van der Waals surface area (Å²) in [4.78, 5) is 21.7. The van der Waals surface area contributed by atoms with E-state index in [9.17, 15) is 14.9 Å². The number of allylic oxidation sites excluding steroid dienone is 3. The van der Waals surface area contributed by atoms with E-state index in [0.29, 0.717) is 5.75 Å². The Kier molecular flexibility index (Phi) is 9.67. The lowest BCUT2D eigenvalue weighted by atomic mass is 10.1. The van der Waals surface area contributed by atoms with Gasteiger partial charge < -0.3 is 9.47 Å². The Hall–Kier alpha value is -2.63. The highest BCUT2D eigenvalue weighted by molar-refractivity contribution is 5.83. The van der Waals surface area contributed by atoms with E-state index in [1.807, 2.05) is 13.0 Å². The normalized spacial score (nSPS) is 11.5. The number of rotatable bonds is 11. The van der Waals surface area contributed by atoms with Crippen LogP contribution < -0.4 is 4.74 Å². The Morgan fingerprint density at radius 1 is 1.20 bits per heavy atom. The minimum Gasteiger partial charge on any atom is -0.490 e. The molecule has 0 aromatic heterocycles. The molecule has 0 saturated heterocycles. The predicted octanol–water partition coefficient (Wildman–Crippen LogP) is 4.60. The van der Waals surface area contributed by atoms with Crippen LogP contribution in [0.2, 0.25) is 0 Å². The van der Waals surface area contributed by atoms with Gasteiger partial charge in [0.2, 0.25) is 0 Å². The van der Waals surface area contributed by atoms with Gasteiger partial charge >= 0.3 is 5.97 Å². The van der Waals surface area contributed by atoms with Gasteiger partial charge in [0.1, 0.15) is 19.0 Å². The summed E-state index contributed by atoms with van der Waals surface area (Å²) in [5.41, 5.74) is 0.847. The third-order valence-electron chi connectivity index (χ3n) is 3.34. The number of benzene rings is 1. The summed E-state index contributed by atoms with van der Waals surface area (Å²) in [6.45, 7) is 4.31. The molecule has 1 rings (SSSR count). The van der Waals surface area contributed by atoms with Crippen LogP contribution in [0.3, 0.4) is 0 Å². The summed E-state index contributed by atoms with van der Waals surface area (Å²) in [5, 5.41) is 10.5. The van der Waals surface area contributed by atoms with Crippen molar-refractivity contribution in [3.63, 3.8) is 0 Å². The first-order chi connectivity index (χ1) is 12.0. The van der Waals surface area contributed by atoms with E-state index < -0.39 is 10.9 Å². The summed E-state index contributed by atoms with van der Waals surface area (Å²) in [6.07, 6.45) is 10.0. The van der Waals surface area contributed by atoms with Crippen molar-refractivity contribution in [2.75, 3.05) is 13.2 Å². The molecular formula is C19H25NO5. The maximum absolute atomic E-state index is 11.7. The molecule has 136 valence electrons. The van der Waals surface area contributed by atoms with Crippen LogP contribution in [0.4, 0.5) is 5.69 Å². The summed E-state index contributed by atoms with van der Waals surface area (Å²) in [7, 11) is 0. The van der Waals surface area contributed by atoms with Gasteiger partial charge in [0.25, 0.3) is 5.69 Å².